The van der Waals surface area contributed by atoms with Crippen molar-refractivity contribution in [2.24, 2.45) is 0 Å². The molecule has 0 spiro atoms. The van der Waals surface area contributed by atoms with E-state index in [9.17, 15) is 0 Å². The van der Waals surface area contributed by atoms with Crippen LogP contribution in [-0.4, -0.2) is 7.11 Å². The number of nitrogens with one attached hydrogen (secondary N) is 1. The highest BCUT2D eigenvalue weighted by molar-refractivity contribution is 5.45. The molecule has 0 saturated heterocycles. The molecule has 0 aliphatic rings. The van der Waals surface area contributed by atoms with Gasteiger partial charge in [-0.15, -0.1) is 0 Å². The second kappa shape index (κ2) is 7.11. The molecule has 0 atom stereocenters. The van der Waals surface area contributed by atoms with Gasteiger partial charge in [0.1, 0.15) is 0 Å². The highest BCUT2D eigenvalue weighted by atomic mass is 16.5. The quantitative estimate of drug-likeness (QED) is 0.829. The van der Waals surface area contributed by atoms with E-state index in [1.807, 2.05) is 0 Å². The number of hydrogen-bond donors (Lipinski definition) is 1. The van der Waals surface area contributed by atoms with Gasteiger partial charge < -0.3 is 10.1 Å². The van der Waals surface area contributed by atoms with Crippen LogP contribution in [0.5, 0.6) is 0 Å². The lowest BCUT2D eigenvalue weighted by atomic mass is 10.0. The maximum absolute atomic E-state index is 5.16. The zero-order valence-electron chi connectivity index (χ0n) is 12.5. The van der Waals surface area contributed by atoms with Gasteiger partial charge in [-0.2, -0.15) is 0 Å². The number of benzene rings is 2. The van der Waals surface area contributed by atoms with Crippen LogP contribution in [-0.2, 0) is 17.9 Å². The number of anilines is 1. The van der Waals surface area contributed by atoms with Gasteiger partial charge in [0.25, 0.3) is 0 Å². The van der Waals surface area contributed by atoms with Crippen molar-refractivity contribution in [1.29, 1.82) is 0 Å². The van der Waals surface area contributed by atoms with Crippen molar-refractivity contribution in [1.82, 2.24) is 0 Å². The normalized spacial score (nSPS) is 10.8. The molecule has 0 bridgehead atoms. The Labute approximate surface area is 121 Å². The third-order valence-corrected chi connectivity index (χ3v) is 3.38. The maximum Gasteiger partial charge on any atom is 0.0713 e. The standard InChI is InChI=1S/C18H23NO/c1-14(2)17-7-9-18(10-8-17)19-12-15-5-4-6-16(11-15)13-20-3/h4-11,14,19H,12-13H2,1-3H3. The minimum atomic E-state index is 0.578. The van der Waals surface area contributed by atoms with E-state index in [1.54, 1.807) is 7.11 Å². The molecule has 0 saturated carbocycles. The molecule has 0 amide bonds. The van der Waals surface area contributed by atoms with Crippen LogP contribution in [0.2, 0.25) is 0 Å². The lowest BCUT2D eigenvalue weighted by Gasteiger charge is -2.10. The second-order valence-electron chi connectivity index (χ2n) is 5.38. The predicted molar refractivity (Wildman–Crippen MR) is 85.0 cm³/mol. The van der Waals surface area contributed by atoms with Crippen LogP contribution in [0.25, 0.3) is 0 Å². The van der Waals surface area contributed by atoms with Crippen molar-refractivity contribution in [3.8, 4) is 0 Å². The highest BCUT2D eigenvalue weighted by Crippen LogP contribution is 2.17. The third kappa shape index (κ3) is 4.10. The van der Waals surface area contributed by atoms with Crippen LogP contribution in [0.3, 0.4) is 0 Å². The molecule has 106 valence electrons. The van der Waals surface area contributed by atoms with Gasteiger partial charge >= 0.3 is 0 Å². The van der Waals surface area contributed by atoms with Gasteiger partial charge in [-0.05, 0) is 34.7 Å². The van der Waals surface area contributed by atoms with Crippen LogP contribution in [0.1, 0.15) is 36.5 Å². The Morgan fingerprint density at radius 1 is 1.00 bits per heavy atom. The zero-order valence-corrected chi connectivity index (χ0v) is 12.5. The molecule has 2 aromatic carbocycles. The number of methoxy groups -OCH3 is 1. The summed E-state index contributed by atoms with van der Waals surface area (Å²) in [6, 6.07) is 17.1. The first-order valence-electron chi connectivity index (χ1n) is 7.09. The summed E-state index contributed by atoms with van der Waals surface area (Å²) in [6.07, 6.45) is 0. The third-order valence-electron chi connectivity index (χ3n) is 3.38. The molecular formula is C18H23NO. The first-order chi connectivity index (χ1) is 9.69. The fourth-order valence-electron chi connectivity index (χ4n) is 2.19. The van der Waals surface area contributed by atoms with Crippen LogP contribution in [0, 0.1) is 0 Å². The molecule has 2 nitrogen and oxygen atoms in total. The Hall–Kier alpha value is -1.80. The van der Waals surface area contributed by atoms with Crippen molar-refractivity contribution in [3.63, 3.8) is 0 Å². The van der Waals surface area contributed by atoms with Crippen LogP contribution < -0.4 is 5.32 Å². The van der Waals surface area contributed by atoms with Crippen LogP contribution in [0.15, 0.2) is 48.5 Å². The fraction of sp³-hybridized carbons (Fsp3) is 0.333. The van der Waals surface area contributed by atoms with Gasteiger partial charge in [0.15, 0.2) is 0 Å². The van der Waals surface area contributed by atoms with Crippen molar-refractivity contribution >= 4 is 5.69 Å². The Morgan fingerprint density at radius 3 is 2.35 bits per heavy atom. The summed E-state index contributed by atoms with van der Waals surface area (Å²) in [5.74, 6) is 0.578. The fourth-order valence-corrected chi connectivity index (χ4v) is 2.19. The minimum Gasteiger partial charge on any atom is -0.381 e. The predicted octanol–water partition coefficient (Wildman–Crippen LogP) is 4.57. The molecule has 0 unspecified atom stereocenters. The Bertz CT molecular complexity index is 531. The van der Waals surface area contributed by atoms with E-state index < -0.39 is 0 Å². The smallest absolute Gasteiger partial charge is 0.0713 e. The summed E-state index contributed by atoms with van der Waals surface area (Å²) in [6.45, 7) is 5.92. The molecule has 20 heavy (non-hydrogen) atoms. The Morgan fingerprint density at radius 2 is 1.70 bits per heavy atom. The average molecular weight is 269 g/mol. The summed E-state index contributed by atoms with van der Waals surface area (Å²) in [5, 5.41) is 3.46. The van der Waals surface area contributed by atoms with E-state index in [0.29, 0.717) is 12.5 Å². The van der Waals surface area contributed by atoms with E-state index in [0.717, 1.165) is 12.2 Å². The highest BCUT2D eigenvalue weighted by Gasteiger charge is 2.00. The lowest BCUT2D eigenvalue weighted by molar-refractivity contribution is 0.185. The summed E-state index contributed by atoms with van der Waals surface area (Å²) in [5.41, 5.74) is 5.01. The monoisotopic (exact) mass is 269 g/mol. The van der Waals surface area contributed by atoms with E-state index in [4.69, 9.17) is 4.74 Å². The largest absolute Gasteiger partial charge is 0.381 e. The molecule has 2 aromatic rings. The van der Waals surface area contributed by atoms with E-state index in [2.05, 4.69) is 67.7 Å². The number of hydrogen-bond acceptors (Lipinski definition) is 2. The van der Waals surface area contributed by atoms with Gasteiger partial charge in [0.2, 0.25) is 0 Å². The number of rotatable bonds is 6. The lowest BCUT2D eigenvalue weighted by Crippen LogP contribution is -2.00. The van der Waals surface area contributed by atoms with Gasteiger partial charge in [-0.1, -0.05) is 50.2 Å². The van der Waals surface area contributed by atoms with Crippen molar-refractivity contribution in [3.05, 3.63) is 65.2 Å². The molecule has 0 aromatic heterocycles. The summed E-state index contributed by atoms with van der Waals surface area (Å²) < 4.78 is 5.16. The Kier molecular flexibility index (Phi) is 5.19. The first-order valence-corrected chi connectivity index (χ1v) is 7.09. The van der Waals surface area contributed by atoms with E-state index in [-0.39, 0.29) is 0 Å². The Balaban J connectivity index is 1.96. The topological polar surface area (TPSA) is 21.3 Å². The van der Waals surface area contributed by atoms with Gasteiger partial charge in [0.05, 0.1) is 6.61 Å². The maximum atomic E-state index is 5.16. The first kappa shape index (κ1) is 14.6. The summed E-state index contributed by atoms with van der Waals surface area (Å²) >= 11 is 0. The molecule has 2 heteroatoms. The molecular weight excluding hydrogens is 246 g/mol. The molecule has 2 rings (SSSR count). The van der Waals surface area contributed by atoms with Crippen LogP contribution in [0.4, 0.5) is 5.69 Å². The van der Waals surface area contributed by atoms with E-state index in [1.165, 1.54) is 16.7 Å². The second-order valence-corrected chi connectivity index (χ2v) is 5.38. The van der Waals surface area contributed by atoms with Gasteiger partial charge in [0, 0.05) is 19.3 Å². The van der Waals surface area contributed by atoms with Gasteiger partial charge in [-0.3, -0.25) is 0 Å². The molecule has 0 heterocycles. The van der Waals surface area contributed by atoms with Crippen molar-refractivity contribution < 1.29 is 4.74 Å². The average Bonchev–Trinajstić information content (AvgIpc) is 2.46. The molecule has 0 fully saturated rings. The molecule has 0 radical (unpaired) electrons. The zero-order chi connectivity index (χ0) is 14.4. The van der Waals surface area contributed by atoms with Gasteiger partial charge in [-0.25, -0.2) is 0 Å². The van der Waals surface area contributed by atoms with E-state index >= 15 is 0 Å². The molecule has 1 N–H and O–H groups in total. The van der Waals surface area contributed by atoms with Crippen molar-refractivity contribution in [2.75, 3.05) is 12.4 Å². The minimum absolute atomic E-state index is 0.578. The molecule has 0 aliphatic carbocycles. The number of ether oxygens (including phenoxy) is 1. The summed E-state index contributed by atoms with van der Waals surface area (Å²) in [4.78, 5) is 0. The SMILES string of the molecule is COCc1cccc(CNc2ccc(C(C)C)cc2)c1. The summed E-state index contributed by atoms with van der Waals surface area (Å²) in [7, 11) is 1.72. The molecule has 0 aliphatic heterocycles. The van der Waals surface area contributed by atoms with Crippen LogP contribution >= 0.6 is 0 Å². The van der Waals surface area contributed by atoms with Crippen molar-refractivity contribution in [2.45, 2.75) is 32.9 Å².